The lowest BCUT2D eigenvalue weighted by Crippen LogP contribution is -2.23. The summed E-state index contributed by atoms with van der Waals surface area (Å²) in [6.07, 6.45) is 9.75. The molecule has 0 saturated heterocycles. The largest absolute Gasteiger partial charge is 0.436 e. The highest BCUT2D eigenvalue weighted by Crippen LogP contribution is 2.35. The second-order valence-corrected chi connectivity index (χ2v) is 7.56. The third-order valence-electron chi connectivity index (χ3n) is 5.08. The van der Waals surface area contributed by atoms with Crippen molar-refractivity contribution in [2.75, 3.05) is 0 Å². The van der Waals surface area contributed by atoms with Crippen molar-refractivity contribution in [3.05, 3.63) is 65.4 Å². The van der Waals surface area contributed by atoms with Crippen molar-refractivity contribution in [2.45, 2.75) is 12.8 Å². The Morgan fingerprint density at radius 2 is 1.55 bits per heavy atom. The molecule has 0 radical (unpaired) electrons. The Kier molecular flexibility index (Phi) is 4.30. The van der Waals surface area contributed by atoms with Crippen LogP contribution >= 0.6 is 9.24 Å². The molecular formula is C24H19N2O2P. The molecule has 5 rings (SSSR count). The number of hydrogen-bond donors (Lipinski definition) is 0. The predicted molar refractivity (Wildman–Crippen MR) is 122 cm³/mol. The van der Waals surface area contributed by atoms with E-state index in [0.29, 0.717) is 11.8 Å². The number of nitrogens with zero attached hydrogens (tertiary/aromatic N) is 2. The second kappa shape index (κ2) is 6.98. The number of fused-ring (bicyclic) bond motifs is 2. The summed E-state index contributed by atoms with van der Waals surface area (Å²) in [5.74, 6) is 1.13. The third kappa shape index (κ3) is 2.97. The van der Waals surface area contributed by atoms with Gasteiger partial charge in [-0.15, -0.1) is 9.24 Å². The Bertz CT molecular complexity index is 1380. The molecule has 5 heteroatoms. The lowest BCUT2D eigenvalue weighted by molar-refractivity contribution is 0.537. The van der Waals surface area contributed by atoms with Gasteiger partial charge < -0.3 is 8.83 Å². The SMILES string of the molecule is C=Cc1c(-c2nc3c(o2)=CCCC=3)ccc(-c2nc3ccc(P)cc3o2)c1C=C. The zero-order valence-corrected chi connectivity index (χ0v) is 17.0. The predicted octanol–water partition coefficient (Wildman–Crippen LogP) is 4.29. The van der Waals surface area contributed by atoms with E-state index in [1.54, 1.807) is 12.2 Å². The molecule has 1 atom stereocenters. The van der Waals surface area contributed by atoms with Crippen LogP contribution in [0.2, 0.25) is 0 Å². The molecule has 4 aromatic rings. The summed E-state index contributed by atoms with van der Waals surface area (Å²) in [6.45, 7) is 8.02. The average molecular weight is 398 g/mol. The van der Waals surface area contributed by atoms with Crippen LogP contribution in [0.15, 0.2) is 52.3 Å². The summed E-state index contributed by atoms with van der Waals surface area (Å²) >= 11 is 0. The Labute approximate surface area is 170 Å². The Morgan fingerprint density at radius 3 is 2.24 bits per heavy atom. The fourth-order valence-corrected chi connectivity index (χ4v) is 3.94. The van der Waals surface area contributed by atoms with E-state index in [2.05, 4.69) is 44.5 Å². The molecule has 0 fully saturated rings. The fourth-order valence-electron chi connectivity index (χ4n) is 3.69. The van der Waals surface area contributed by atoms with Gasteiger partial charge in [0, 0.05) is 11.1 Å². The number of rotatable bonds is 4. The van der Waals surface area contributed by atoms with Crippen molar-refractivity contribution in [3.8, 4) is 22.9 Å². The van der Waals surface area contributed by atoms with Gasteiger partial charge in [-0.05, 0) is 59.6 Å². The minimum atomic E-state index is 0.550. The summed E-state index contributed by atoms with van der Waals surface area (Å²) in [5, 5.41) is 1.95. The summed E-state index contributed by atoms with van der Waals surface area (Å²) in [6, 6.07) is 9.85. The molecule has 0 bridgehead atoms. The molecule has 0 amide bonds. The molecule has 1 aliphatic carbocycles. The zero-order chi connectivity index (χ0) is 20.0. The van der Waals surface area contributed by atoms with Crippen molar-refractivity contribution in [2.24, 2.45) is 0 Å². The van der Waals surface area contributed by atoms with Crippen LogP contribution in [0.5, 0.6) is 0 Å². The molecule has 0 N–H and O–H groups in total. The van der Waals surface area contributed by atoms with Crippen molar-refractivity contribution in [1.82, 2.24) is 9.97 Å². The molecule has 2 aromatic carbocycles. The van der Waals surface area contributed by atoms with E-state index in [1.807, 2.05) is 30.3 Å². The van der Waals surface area contributed by atoms with Gasteiger partial charge in [0.1, 0.15) is 10.9 Å². The highest BCUT2D eigenvalue weighted by atomic mass is 31.0. The van der Waals surface area contributed by atoms with Crippen LogP contribution in [0, 0.1) is 0 Å². The molecule has 2 aromatic heterocycles. The van der Waals surface area contributed by atoms with E-state index < -0.39 is 0 Å². The maximum atomic E-state index is 6.03. The van der Waals surface area contributed by atoms with Crippen molar-refractivity contribution >= 4 is 49.9 Å². The molecule has 0 saturated carbocycles. The van der Waals surface area contributed by atoms with Gasteiger partial charge in [0.25, 0.3) is 0 Å². The summed E-state index contributed by atoms with van der Waals surface area (Å²) in [5.41, 5.74) is 5.91. The van der Waals surface area contributed by atoms with Gasteiger partial charge in [-0.1, -0.05) is 37.5 Å². The first-order valence-electron chi connectivity index (χ1n) is 9.44. The standard InChI is InChI=1S/C24H19N2O2P/c1-3-15-16(4-2)18(24-26-20-12-9-14(29)13-22(20)28-24)11-10-17(15)23-25-19-7-5-6-8-21(19)27-23/h3-4,7-13H,1-2,5-6,29H2. The first-order chi connectivity index (χ1) is 14.2. The van der Waals surface area contributed by atoms with Gasteiger partial charge >= 0.3 is 0 Å². The highest BCUT2D eigenvalue weighted by molar-refractivity contribution is 7.27. The van der Waals surface area contributed by atoms with Crippen LogP contribution < -0.4 is 16.1 Å². The Morgan fingerprint density at radius 1 is 0.862 bits per heavy atom. The van der Waals surface area contributed by atoms with Crippen LogP contribution in [-0.2, 0) is 0 Å². The topological polar surface area (TPSA) is 52.1 Å². The van der Waals surface area contributed by atoms with Gasteiger partial charge in [0.2, 0.25) is 11.8 Å². The van der Waals surface area contributed by atoms with E-state index in [0.717, 1.165) is 62.3 Å². The number of aromatic nitrogens is 2. The van der Waals surface area contributed by atoms with Gasteiger partial charge in [0.15, 0.2) is 11.0 Å². The van der Waals surface area contributed by atoms with Crippen molar-refractivity contribution < 1.29 is 8.83 Å². The highest BCUT2D eigenvalue weighted by Gasteiger charge is 2.19. The maximum Gasteiger partial charge on any atom is 0.227 e. The van der Waals surface area contributed by atoms with Crippen LogP contribution in [0.4, 0.5) is 0 Å². The van der Waals surface area contributed by atoms with Crippen molar-refractivity contribution in [1.29, 1.82) is 0 Å². The van der Waals surface area contributed by atoms with E-state index >= 15 is 0 Å². The van der Waals surface area contributed by atoms with Crippen LogP contribution in [-0.4, -0.2) is 9.97 Å². The van der Waals surface area contributed by atoms with E-state index in [1.165, 1.54) is 0 Å². The maximum absolute atomic E-state index is 6.03. The van der Waals surface area contributed by atoms with Gasteiger partial charge in [0.05, 0.1) is 0 Å². The molecule has 0 aliphatic heterocycles. The minimum Gasteiger partial charge on any atom is -0.436 e. The van der Waals surface area contributed by atoms with Crippen LogP contribution in [0.3, 0.4) is 0 Å². The van der Waals surface area contributed by atoms with E-state index in [9.17, 15) is 0 Å². The summed E-state index contributed by atoms with van der Waals surface area (Å²) in [7, 11) is 2.67. The smallest absolute Gasteiger partial charge is 0.227 e. The molecule has 142 valence electrons. The van der Waals surface area contributed by atoms with E-state index in [4.69, 9.17) is 8.83 Å². The summed E-state index contributed by atoms with van der Waals surface area (Å²) in [4.78, 5) is 9.33. The average Bonchev–Trinajstić information content (AvgIpc) is 3.35. The molecule has 29 heavy (non-hydrogen) atoms. The monoisotopic (exact) mass is 398 g/mol. The first kappa shape index (κ1) is 17.8. The van der Waals surface area contributed by atoms with Gasteiger partial charge in [-0.25, -0.2) is 9.97 Å². The zero-order valence-electron chi connectivity index (χ0n) is 15.8. The minimum absolute atomic E-state index is 0.550. The Hall–Kier alpha value is -3.23. The Balaban J connectivity index is 1.71. The lowest BCUT2D eigenvalue weighted by atomic mass is 9.95. The molecule has 2 heterocycles. The van der Waals surface area contributed by atoms with E-state index in [-0.39, 0.29) is 0 Å². The first-order valence-corrected chi connectivity index (χ1v) is 10.0. The summed E-state index contributed by atoms with van der Waals surface area (Å²) < 4.78 is 12.1. The molecule has 4 nitrogen and oxygen atoms in total. The van der Waals surface area contributed by atoms with Gasteiger partial charge in [-0.2, -0.15) is 0 Å². The van der Waals surface area contributed by atoms with Crippen LogP contribution in [0.1, 0.15) is 24.0 Å². The normalized spacial score (nSPS) is 12.9. The van der Waals surface area contributed by atoms with Crippen molar-refractivity contribution in [3.63, 3.8) is 0 Å². The molecule has 1 unspecified atom stereocenters. The number of hydrogen-bond acceptors (Lipinski definition) is 4. The van der Waals surface area contributed by atoms with Crippen LogP contribution in [0.25, 0.3) is 58.3 Å². The second-order valence-electron chi connectivity index (χ2n) is 6.90. The lowest BCUT2D eigenvalue weighted by Gasteiger charge is -2.10. The van der Waals surface area contributed by atoms with Gasteiger partial charge in [-0.3, -0.25) is 0 Å². The quantitative estimate of drug-likeness (QED) is 0.481. The third-order valence-corrected chi connectivity index (χ3v) is 5.44. The number of benzene rings is 2. The number of oxazole rings is 2. The molecule has 1 aliphatic rings. The molecule has 0 spiro atoms. The fraction of sp³-hybridized carbons (Fsp3) is 0.0833. The molecular weight excluding hydrogens is 379 g/mol.